The maximum absolute atomic E-state index is 12.9. The SMILES string of the molecule is CC[C@H](C)[C@H](NC(=O)CNC(=O)[C@@H](N)CCC(=O)O)C(=O)N[C@@H](C)C(=O)NCC(=O)N[C@@H](CCCCN)C(=O)O. The van der Waals surface area contributed by atoms with Crippen molar-refractivity contribution in [3.63, 3.8) is 0 Å². The zero-order valence-corrected chi connectivity index (χ0v) is 23.2. The first-order chi connectivity index (χ1) is 18.7. The fourth-order valence-corrected chi connectivity index (χ4v) is 3.32. The van der Waals surface area contributed by atoms with Gasteiger partial charge >= 0.3 is 11.9 Å². The minimum absolute atomic E-state index is 0.114. The van der Waals surface area contributed by atoms with E-state index < -0.39 is 78.7 Å². The summed E-state index contributed by atoms with van der Waals surface area (Å²) in [7, 11) is 0. The summed E-state index contributed by atoms with van der Waals surface area (Å²) in [5.41, 5.74) is 11.0. The summed E-state index contributed by atoms with van der Waals surface area (Å²) in [4.78, 5) is 83.6. The van der Waals surface area contributed by atoms with Crippen LogP contribution in [0.4, 0.5) is 0 Å². The highest BCUT2D eigenvalue weighted by molar-refractivity contribution is 5.94. The molecule has 16 nitrogen and oxygen atoms in total. The second kappa shape index (κ2) is 19.3. The van der Waals surface area contributed by atoms with E-state index in [-0.39, 0.29) is 25.2 Å². The molecule has 0 aliphatic heterocycles. The Morgan fingerprint density at radius 3 is 1.88 bits per heavy atom. The Morgan fingerprint density at radius 1 is 0.775 bits per heavy atom. The van der Waals surface area contributed by atoms with Gasteiger partial charge in [0, 0.05) is 6.42 Å². The number of rotatable bonds is 20. The maximum Gasteiger partial charge on any atom is 0.326 e. The number of nitrogens with two attached hydrogens (primary N) is 2. The van der Waals surface area contributed by atoms with Crippen molar-refractivity contribution in [2.24, 2.45) is 17.4 Å². The summed E-state index contributed by atoms with van der Waals surface area (Å²) in [6.07, 6.45) is 1.35. The van der Waals surface area contributed by atoms with E-state index >= 15 is 0 Å². The average molecular weight is 574 g/mol. The van der Waals surface area contributed by atoms with Crippen LogP contribution in [0.1, 0.15) is 59.3 Å². The van der Waals surface area contributed by atoms with Crippen molar-refractivity contribution in [3.8, 4) is 0 Å². The molecular formula is C24H43N7O9. The number of unbranched alkanes of at least 4 members (excludes halogenated alkanes) is 1. The molecule has 0 aromatic carbocycles. The van der Waals surface area contributed by atoms with Gasteiger partial charge in [-0.25, -0.2) is 4.79 Å². The number of amides is 5. The van der Waals surface area contributed by atoms with Gasteiger partial charge in [-0.2, -0.15) is 0 Å². The molecule has 0 bridgehead atoms. The number of carbonyl (C=O) groups excluding carboxylic acids is 5. The highest BCUT2D eigenvalue weighted by atomic mass is 16.4. The highest BCUT2D eigenvalue weighted by Gasteiger charge is 2.29. The van der Waals surface area contributed by atoms with Crippen LogP contribution in [0.5, 0.6) is 0 Å². The van der Waals surface area contributed by atoms with E-state index in [1.165, 1.54) is 6.92 Å². The molecular weight excluding hydrogens is 530 g/mol. The normalized spacial score (nSPS) is 14.4. The van der Waals surface area contributed by atoms with E-state index in [1.54, 1.807) is 13.8 Å². The molecule has 5 atom stereocenters. The fourth-order valence-electron chi connectivity index (χ4n) is 3.32. The molecule has 0 aromatic rings. The van der Waals surface area contributed by atoms with Crippen LogP contribution in [0.15, 0.2) is 0 Å². The lowest BCUT2D eigenvalue weighted by Crippen LogP contribution is -2.56. The second-order valence-electron chi connectivity index (χ2n) is 9.38. The number of aliphatic carboxylic acids is 2. The van der Waals surface area contributed by atoms with Crippen LogP contribution < -0.4 is 38.1 Å². The van der Waals surface area contributed by atoms with E-state index in [1.807, 2.05) is 0 Å². The van der Waals surface area contributed by atoms with Crippen molar-refractivity contribution in [2.45, 2.75) is 83.5 Å². The largest absolute Gasteiger partial charge is 0.481 e. The Hall–Kier alpha value is -3.79. The van der Waals surface area contributed by atoms with E-state index in [2.05, 4.69) is 26.6 Å². The van der Waals surface area contributed by atoms with Crippen LogP contribution in [-0.4, -0.2) is 95.5 Å². The van der Waals surface area contributed by atoms with Crippen molar-refractivity contribution in [1.82, 2.24) is 26.6 Å². The molecule has 40 heavy (non-hydrogen) atoms. The van der Waals surface area contributed by atoms with Gasteiger partial charge in [0.15, 0.2) is 0 Å². The van der Waals surface area contributed by atoms with Crippen LogP contribution >= 0.6 is 0 Å². The first kappa shape index (κ1) is 36.2. The van der Waals surface area contributed by atoms with Gasteiger partial charge in [0.2, 0.25) is 29.5 Å². The summed E-state index contributed by atoms with van der Waals surface area (Å²) in [5.74, 6) is -6.22. The van der Waals surface area contributed by atoms with Gasteiger partial charge in [-0.3, -0.25) is 28.8 Å². The van der Waals surface area contributed by atoms with Gasteiger partial charge in [0.1, 0.15) is 18.1 Å². The molecule has 0 aromatic heterocycles. The molecule has 5 amide bonds. The molecule has 228 valence electrons. The summed E-state index contributed by atoms with van der Waals surface area (Å²) in [6.45, 7) is 4.23. The van der Waals surface area contributed by atoms with Gasteiger partial charge in [-0.1, -0.05) is 20.3 Å². The maximum atomic E-state index is 12.9. The van der Waals surface area contributed by atoms with Crippen LogP contribution in [0.25, 0.3) is 0 Å². The molecule has 0 fully saturated rings. The average Bonchev–Trinajstić information content (AvgIpc) is 2.90. The number of hydrogen-bond donors (Lipinski definition) is 9. The standard InChI is InChI=1S/C24H43N7O9/c1-4-13(2)20(31-18(33)12-28-22(37)15(26)8-9-19(34)35)23(38)29-14(3)21(36)27-11-17(32)30-16(24(39)40)7-5-6-10-25/h13-16,20H,4-12,25-26H2,1-3H3,(H,27,36)(H,28,37)(H,29,38)(H,30,32)(H,31,33)(H,34,35)(H,39,40)/t13-,14-,15-,16-,20-/m0/s1. The van der Waals surface area contributed by atoms with Gasteiger partial charge in [-0.15, -0.1) is 0 Å². The summed E-state index contributed by atoms with van der Waals surface area (Å²) in [6, 6.07) is -4.41. The van der Waals surface area contributed by atoms with E-state index in [9.17, 15) is 38.7 Å². The molecule has 0 radical (unpaired) electrons. The van der Waals surface area contributed by atoms with Gasteiger partial charge < -0.3 is 48.3 Å². The summed E-state index contributed by atoms with van der Waals surface area (Å²) in [5, 5.41) is 29.8. The number of hydrogen-bond acceptors (Lipinski definition) is 9. The van der Waals surface area contributed by atoms with Gasteiger partial charge in [0.05, 0.1) is 19.1 Å². The van der Waals surface area contributed by atoms with Crippen molar-refractivity contribution < 1.29 is 43.8 Å². The van der Waals surface area contributed by atoms with Gasteiger partial charge in [0.25, 0.3) is 0 Å². The molecule has 0 aliphatic carbocycles. The summed E-state index contributed by atoms with van der Waals surface area (Å²) >= 11 is 0. The predicted octanol–water partition coefficient (Wildman–Crippen LogP) is -2.86. The molecule has 0 heterocycles. The Bertz CT molecular complexity index is 900. The summed E-state index contributed by atoms with van der Waals surface area (Å²) < 4.78 is 0. The minimum atomic E-state index is -1.21. The van der Waals surface area contributed by atoms with Gasteiger partial charge in [-0.05, 0) is 45.1 Å². The van der Waals surface area contributed by atoms with Crippen molar-refractivity contribution in [3.05, 3.63) is 0 Å². The first-order valence-corrected chi connectivity index (χ1v) is 13.1. The second-order valence-corrected chi connectivity index (χ2v) is 9.38. The molecule has 11 N–H and O–H groups in total. The van der Waals surface area contributed by atoms with Crippen LogP contribution in [0.2, 0.25) is 0 Å². The number of carbonyl (C=O) groups is 7. The van der Waals surface area contributed by atoms with Crippen molar-refractivity contribution >= 4 is 41.5 Å². The lowest BCUT2D eigenvalue weighted by Gasteiger charge is -2.25. The molecule has 0 spiro atoms. The first-order valence-electron chi connectivity index (χ1n) is 13.1. The third-order valence-corrected chi connectivity index (χ3v) is 6.00. The number of carboxylic acids is 2. The van der Waals surface area contributed by atoms with E-state index in [0.717, 1.165) is 0 Å². The Balaban J connectivity index is 4.86. The highest BCUT2D eigenvalue weighted by Crippen LogP contribution is 2.08. The quantitative estimate of drug-likeness (QED) is 0.0668. The molecule has 0 unspecified atom stereocenters. The molecule has 0 saturated carbocycles. The lowest BCUT2D eigenvalue weighted by molar-refractivity contribution is -0.142. The molecule has 16 heteroatoms. The van der Waals surface area contributed by atoms with E-state index in [4.69, 9.17) is 16.6 Å². The van der Waals surface area contributed by atoms with E-state index in [0.29, 0.717) is 25.8 Å². The molecule has 0 aliphatic rings. The predicted molar refractivity (Wildman–Crippen MR) is 142 cm³/mol. The zero-order chi connectivity index (χ0) is 30.8. The third kappa shape index (κ3) is 15.0. The fraction of sp³-hybridized carbons (Fsp3) is 0.708. The monoisotopic (exact) mass is 573 g/mol. The molecule has 0 rings (SSSR count). The Kier molecular flexibility index (Phi) is 17.5. The lowest BCUT2D eigenvalue weighted by atomic mass is 9.98. The van der Waals surface area contributed by atoms with Crippen LogP contribution in [0.3, 0.4) is 0 Å². The third-order valence-electron chi connectivity index (χ3n) is 6.00. The van der Waals surface area contributed by atoms with Crippen molar-refractivity contribution in [2.75, 3.05) is 19.6 Å². The van der Waals surface area contributed by atoms with Crippen LogP contribution in [-0.2, 0) is 33.6 Å². The Labute approximate surface area is 232 Å². The number of carboxylic acid groups (broad SMARTS) is 2. The minimum Gasteiger partial charge on any atom is -0.481 e. The van der Waals surface area contributed by atoms with Crippen molar-refractivity contribution in [1.29, 1.82) is 0 Å². The Morgan fingerprint density at radius 2 is 1.35 bits per heavy atom. The smallest absolute Gasteiger partial charge is 0.326 e. The molecule has 0 saturated heterocycles. The van der Waals surface area contributed by atoms with Crippen LogP contribution in [0, 0.1) is 5.92 Å². The number of nitrogens with one attached hydrogen (secondary N) is 5. The topological polar surface area (TPSA) is 272 Å². The zero-order valence-electron chi connectivity index (χ0n) is 23.2.